The average Bonchev–Trinajstić information content (AvgIpc) is 3.03. The highest BCUT2D eigenvalue weighted by atomic mass is 32.2. The number of fused-ring (bicyclic) bond motifs is 2. The lowest BCUT2D eigenvalue weighted by Crippen LogP contribution is -2.39. The SMILES string of the molecule is Cc1nc(SCC(=O)N[C@@H]2C[C@H]3CC[C@H]2C3)n[nH]1. The average molecular weight is 266 g/mol. The van der Waals surface area contributed by atoms with Gasteiger partial charge in [0, 0.05) is 6.04 Å². The Labute approximate surface area is 111 Å². The molecule has 0 saturated heterocycles. The maximum absolute atomic E-state index is 11.9. The lowest BCUT2D eigenvalue weighted by Gasteiger charge is -2.22. The van der Waals surface area contributed by atoms with Crippen LogP contribution in [0.4, 0.5) is 0 Å². The monoisotopic (exact) mass is 266 g/mol. The predicted molar refractivity (Wildman–Crippen MR) is 69.2 cm³/mol. The van der Waals surface area contributed by atoms with E-state index in [4.69, 9.17) is 0 Å². The molecule has 18 heavy (non-hydrogen) atoms. The minimum Gasteiger partial charge on any atom is -0.352 e. The molecule has 3 atom stereocenters. The van der Waals surface area contributed by atoms with Crippen molar-refractivity contribution in [2.24, 2.45) is 11.8 Å². The fourth-order valence-electron chi connectivity index (χ4n) is 3.19. The summed E-state index contributed by atoms with van der Waals surface area (Å²) in [7, 11) is 0. The number of thioether (sulfide) groups is 1. The third kappa shape index (κ3) is 2.53. The normalized spacial score (nSPS) is 29.7. The van der Waals surface area contributed by atoms with Gasteiger partial charge in [-0.25, -0.2) is 4.98 Å². The molecule has 1 aromatic rings. The number of hydrogen-bond donors (Lipinski definition) is 2. The quantitative estimate of drug-likeness (QED) is 0.810. The highest BCUT2D eigenvalue weighted by molar-refractivity contribution is 7.99. The number of nitrogens with zero attached hydrogens (tertiary/aromatic N) is 2. The van der Waals surface area contributed by atoms with E-state index in [-0.39, 0.29) is 5.91 Å². The van der Waals surface area contributed by atoms with Gasteiger partial charge in [-0.15, -0.1) is 5.10 Å². The molecule has 2 N–H and O–H groups in total. The highest BCUT2D eigenvalue weighted by Crippen LogP contribution is 2.44. The summed E-state index contributed by atoms with van der Waals surface area (Å²) in [6.07, 6.45) is 5.16. The Bertz CT molecular complexity index is 447. The first-order valence-corrected chi connectivity index (χ1v) is 7.50. The van der Waals surface area contributed by atoms with E-state index >= 15 is 0 Å². The molecule has 1 heterocycles. The Balaban J connectivity index is 1.45. The number of H-pyrrole nitrogens is 1. The Morgan fingerprint density at radius 2 is 2.39 bits per heavy atom. The third-order valence-corrected chi connectivity index (χ3v) is 4.84. The summed E-state index contributed by atoms with van der Waals surface area (Å²) >= 11 is 1.39. The van der Waals surface area contributed by atoms with Crippen LogP contribution in [0.25, 0.3) is 0 Å². The van der Waals surface area contributed by atoms with E-state index in [9.17, 15) is 4.79 Å². The maximum Gasteiger partial charge on any atom is 0.230 e. The molecule has 2 aliphatic carbocycles. The largest absolute Gasteiger partial charge is 0.352 e. The van der Waals surface area contributed by atoms with Crippen LogP contribution >= 0.6 is 11.8 Å². The second-order valence-electron chi connectivity index (χ2n) is 5.34. The van der Waals surface area contributed by atoms with Crippen molar-refractivity contribution in [3.05, 3.63) is 5.82 Å². The van der Waals surface area contributed by atoms with Crippen molar-refractivity contribution in [1.29, 1.82) is 0 Å². The molecule has 0 aromatic carbocycles. The molecule has 98 valence electrons. The number of rotatable bonds is 4. The molecule has 2 bridgehead atoms. The van der Waals surface area contributed by atoms with Gasteiger partial charge in [-0.2, -0.15) is 0 Å². The van der Waals surface area contributed by atoms with E-state index in [1.54, 1.807) is 0 Å². The number of aromatic amines is 1. The van der Waals surface area contributed by atoms with Gasteiger partial charge in [-0.3, -0.25) is 9.89 Å². The molecule has 0 aliphatic heterocycles. The molecule has 5 nitrogen and oxygen atoms in total. The maximum atomic E-state index is 11.9. The van der Waals surface area contributed by atoms with Crippen LogP contribution in [0, 0.1) is 18.8 Å². The Hall–Kier alpha value is -1.04. The lowest BCUT2D eigenvalue weighted by molar-refractivity contribution is -0.119. The van der Waals surface area contributed by atoms with Gasteiger partial charge >= 0.3 is 0 Å². The summed E-state index contributed by atoms with van der Waals surface area (Å²) in [4.78, 5) is 16.0. The third-order valence-electron chi connectivity index (χ3n) is 3.99. The zero-order chi connectivity index (χ0) is 12.5. The summed E-state index contributed by atoms with van der Waals surface area (Å²) in [5, 5.41) is 10.6. The molecule has 1 amide bonds. The van der Waals surface area contributed by atoms with Gasteiger partial charge in [0.15, 0.2) is 0 Å². The van der Waals surface area contributed by atoms with E-state index in [1.165, 1.54) is 37.4 Å². The Morgan fingerprint density at radius 3 is 3.00 bits per heavy atom. The van der Waals surface area contributed by atoms with Gasteiger partial charge in [0.2, 0.25) is 11.1 Å². The van der Waals surface area contributed by atoms with Gasteiger partial charge in [0.1, 0.15) is 5.82 Å². The topological polar surface area (TPSA) is 70.7 Å². The molecule has 0 unspecified atom stereocenters. The number of carbonyl (C=O) groups is 1. The molecule has 1 aromatic heterocycles. The van der Waals surface area contributed by atoms with Gasteiger partial charge in [0.25, 0.3) is 0 Å². The second-order valence-corrected chi connectivity index (χ2v) is 6.28. The van der Waals surface area contributed by atoms with Crippen LogP contribution in [0.2, 0.25) is 0 Å². The van der Waals surface area contributed by atoms with Crippen molar-refractivity contribution in [3.63, 3.8) is 0 Å². The number of amides is 1. The summed E-state index contributed by atoms with van der Waals surface area (Å²) in [5.74, 6) is 2.90. The standard InChI is InChI=1S/C12H18N4OS/c1-7-13-12(16-15-7)18-6-11(17)14-10-5-8-2-3-9(10)4-8/h8-10H,2-6H2,1H3,(H,14,17)(H,13,15,16)/t8-,9-,10+/m0/s1. The van der Waals surface area contributed by atoms with E-state index in [0.29, 0.717) is 17.0 Å². The number of hydrogen-bond acceptors (Lipinski definition) is 4. The van der Waals surface area contributed by atoms with Crippen molar-refractivity contribution in [2.75, 3.05) is 5.75 Å². The number of aromatic nitrogens is 3. The van der Waals surface area contributed by atoms with Crippen LogP contribution < -0.4 is 5.32 Å². The summed E-state index contributed by atoms with van der Waals surface area (Å²) in [6, 6.07) is 0.422. The molecule has 2 saturated carbocycles. The minimum absolute atomic E-state index is 0.111. The summed E-state index contributed by atoms with van der Waals surface area (Å²) in [6.45, 7) is 1.85. The molecule has 0 spiro atoms. The van der Waals surface area contributed by atoms with Gasteiger partial charge in [-0.05, 0) is 38.0 Å². The lowest BCUT2D eigenvalue weighted by atomic mass is 9.95. The van der Waals surface area contributed by atoms with E-state index < -0.39 is 0 Å². The first-order valence-electron chi connectivity index (χ1n) is 6.52. The zero-order valence-electron chi connectivity index (χ0n) is 10.5. The molecule has 0 radical (unpaired) electrons. The predicted octanol–water partition coefficient (Wildman–Crippen LogP) is 1.51. The molecule has 6 heteroatoms. The van der Waals surface area contributed by atoms with E-state index in [1.807, 2.05) is 6.92 Å². The second kappa shape index (κ2) is 4.91. The molecule has 2 fully saturated rings. The molecular formula is C12H18N4OS. The van der Waals surface area contributed by atoms with Crippen LogP contribution in [0.15, 0.2) is 5.16 Å². The van der Waals surface area contributed by atoms with Crippen LogP contribution in [0.1, 0.15) is 31.5 Å². The van der Waals surface area contributed by atoms with Crippen molar-refractivity contribution in [1.82, 2.24) is 20.5 Å². The van der Waals surface area contributed by atoms with Gasteiger partial charge in [-0.1, -0.05) is 18.2 Å². The summed E-state index contributed by atoms with van der Waals surface area (Å²) < 4.78 is 0. The van der Waals surface area contributed by atoms with Gasteiger partial charge in [0.05, 0.1) is 5.75 Å². The minimum atomic E-state index is 0.111. The van der Waals surface area contributed by atoms with Crippen molar-refractivity contribution in [2.45, 2.75) is 43.8 Å². The molecule has 2 aliphatic rings. The van der Waals surface area contributed by atoms with Gasteiger partial charge < -0.3 is 5.32 Å². The zero-order valence-corrected chi connectivity index (χ0v) is 11.3. The first-order chi connectivity index (χ1) is 8.70. The van der Waals surface area contributed by atoms with Crippen molar-refractivity contribution < 1.29 is 4.79 Å². The Morgan fingerprint density at radius 1 is 1.50 bits per heavy atom. The van der Waals surface area contributed by atoms with Crippen LogP contribution in [-0.2, 0) is 4.79 Å². The van der Waals surface area contributed by atoms with Crippen LogP contribution in [0.3, 0.4) is 0 Å². The highest BCUT2D eigenvalue weighted by Gasteiger charge is 2.39. The first kappa shape index (κ1) is 12.0. The number of nitrogens with one attached hydrogen (secondary N) is 2. The fraction of sp³-hybridized carbons (Fsp3) is 0.750. The summed E-state index contributed by atoms with van der Waals surface area (Å²) in [5.41, 5.74) is 0. The molecule has 3 rings (SSSR count). The smallest absolute Gasteiger partial charge is 0.230 e. The van der Waals surface area contributed by atoms with Crippen LogP contribution in [-0.4, -0.2) is 32.9 Å². The number of carbonyl (C=O) groups excluding carboxylic acids is 1. The van der Waals surface area contributed by atoms with E-state index in [0.717, 1.165) is 17.7 Å². The Kier molecular flexibility index (Phi) is 3.28. The van der Waals surface area contributed by atoms with Crippen LogP contribution in [0.5, 0.6) is 0 Å². The van der Waals surface area contributed by atoms with Crippen molar-refractivity contribution >= 4 is 17.7 Å². The van der Waals surface area contributed by atoms with E-state index in [2.05, 4.69) is 20.5 Å². The molecular weight excluding hydrogens is 248 g/mol. The fourth-order valence-corrected chi connectivity index (χ4v) is 3.84. The number of aryl methyl sites for hydroxylation is 1. The van der Waals surface area contributed by atoms with Crippen molar-refractivity contribution in [3.8, 4) is 0 Å².